The molecule has 0 amide bonds. The van der Waals surface area contributed by atoms with Gasteiger partial charge in [0, 0.05) is 12.4 Å². The van der Waals surface area contributed by atoms with Crippen molar-refractivity contribution >= 4 is 30.3 Å². The lowest BCUT2D eigenvalue weighted by molar-refractivity contribution is 0.0697. The first-order valence-corrected chi connectivity index (χ1v) is 7.90. The molecular formula is C22H17NO2. The summed E-state index contributed by atoms with van der Waals surface area (Å²) >= 11 is 0. The Hall–Kier alpha value is -3.46. The minimum atomic E-state index is -0.916. The molecule has 0 unspecified atom stereocenters. The number of carboxylic acid groups (broad SMARTS) is 1. The average molecular weight is 327 g/mol. The molecule has 1 N–H and O–H groups in total. The maximum absolute atomic E-state index is 11.0. The van der Waals surface area contributed by atoms with E-state index in [-0.39, 0.29) is 0 Å². The number of aromatic nitrogens is 1. The molecule has 1 aromatic heterocycles. The molecule has 0 aliphatic carbocycles. The molecule has 0 aliphatic rings. The minimum absolute atomic E-state index is 0.291. The van der Waals surface area contributed by atoms with Gasteiger partial charge in [-0.3, -0.25) is 4.98 Å². The molecule has 3 nitrogen and oxygen atoms in total. The molecular weight excluding hydrogens is 310 g/mol. The SMILES string of the molecule is O=C(O)c1cccc(/C=C/c2ccc(/C=C/c3ccncc3)cc2)c1. The van der Waals surface area contributed by atoms with Crippen molar-refractivity contribution in [2.75, 3.05) is 0 Å². The van der Waals surface area contributed by atoms with Crippen LogP contribution < -0.4 is 0 Å². The van der Waals surface area contributed by atoms with Crippen LogP contribution in [0.3, 0.4) is 0 Å². The topological polar surface area (TPSA) is 50.2 Å². The van der Waals surface area contributed by atoms with Crippen LogP contribution in [0.2, 0.25) is 0 Å². The van der Waals surface area contributed by atoms with E-state index in [9.17, 15) is 4.79 Å². The minimum Gasteiger partial charge on any atom is -0.478 e. The van der Waals surface area contributed by atoms with Crippen molar-refractivity contribution in [3.63, 3.8) is 0 Å². The van der Waals surface area contributed by atoms with E-state index < -0.39 is 5.97 Å². The fourth-order valence-corrected chi connectivity index (χ4v) is 2.35. The Labute approximate surface area is 146 Å². The van der Waals surface area contributed by atoms with Crippen molar-refractivity contribution in [1.82, 2.24) is 4.98 Å². The lowest BCUT2D eigenvalue weighted by Crippen LogP contribution is -1.95. The number of hydrogen-bond donors (Lipinski definition) is 1. The van der Waals surface area contributed by atoms with Crippen molar-refractivity contribution in [2.24, 2.45) is 0 Å². The van der Waals surface area contributed by atoms with Gasteiger partial charge < -0.3 is 5.11 Å². The number of carboxylic acids is 1. The van der Waals surface area contributed by atoms with Crippen LogP contribution in [0.4, 0.5) is 0 Å². The van der Waals surface area contributed by atoms with Gasteiger partial charge in [-0.1, -0.05) is 60.7 Å². The summed E-state index contributed by atoms with van der Waals surface area (Å²) in [6, 6.07) is 18.9. The summed E-state index contributed by atoms with van der Waals surface area (Å²) in [4.78, 5) is 15.0. The van der Waals surface area contributed by atoms with Gasteiger partial charge in [0.1, 0.15) is 0 Å². The zero-order valence-electron chi connectivity index (χ0n) is 13.5. The predicted octanol–water partition coefficient (Wildman–Crippen LogP) is 5.12. The van der Waals surface area contributed by atoms with Gasteiger partial charge in [0.15, 0.2) is 0 Å². The summed E-state index contributed by atoms with van der Waals surface area (Å²) < 4.78 is 0. The maximum atomic E-state index is 11.0. The van der Waals surface area contributed by atoms with Crippen LogP contribution >= 0.6 is 0 Å². The zero-order chi connectivity index (χ0) is 17.5. The predicted molar refractivity (Wildman–Crippen MR) is 102 cm³/mol. The number of carbonyl (C=O) groups is 1. The molecule has 0 saturated heterocycles. The lowest BCUT2D eigenvalue weighted by atomic mass is 10.1. The molecule has 0 fully saturated rings. The summed E-state index contributed by atoms with van der Waals surface area (Å²) in [5, 5.41) is 9.02. The van der Waals surface area contributed by atoms with E-state index in [0.29, 0.717) is 5.56 Å². The summed E-state index contributed by atoms with van der Waals surface area (Å²) in [5.41, 5.74) is 4.43. The van der Waals surface area contributed by atoms with Crippen LogP contribution in [-0.2, 0) is 0 Å². The Morgan fingerprint density at radius 3 is 1.80 bits per heavy atom. The first-order chi connectivity index (χ1) is 12.2. The third-order valence-corrected chi connectivity index (χ3v) is 3.71. The number of pyridine rings is 1. The smallest absolute Gasteiger partial charge is 0.335 e. The average Bonchev–Trinajstić information content (AvgIpc) is 2.66. The lowest BCUT2D eigenvalue weighted by Gasteiger charge is -1.99. The highest BCUT2D eigenvalue weighted by molar-refractivity contribution is 5.88. The molecule has 0 aliphatic heterocycles. The van der Waals surface area contributed by atoms with E-state index in [2.05, 4.69) is 11.1 Å². The van der Waals surface area contributed by atoms with Crippen LogP contribution in [0.5, 0.6) is 0 Å². The van der Waals surface area contributed by atoms with E-state index in [4.69, 9.17) is 5.11 Å². The largest absolute Gasteiger partial charge is 0.478 e. The molecule has 2 aromatic carbocycles. The number of hydrogen-bond acceptors (Lipinski definition) is 2. The molecule has 1 heterocycles. The van der Waals surface area contributed by atoms with Gasteiger partial charge >= 0.3 is 5.97 Å². The number of aromatic carboxylic acids is 1. The third kappa shape index (κ3) is 4.75. The summed E-state index contributed by atoms with van der Waals surface area (Å²) in [5.74, 6) is -0.916. The number of nitrogens with zero attached hydrogens (tertiary/aromatic N) is 1. The molecule has 0 saturated carbocycles. The van der Waals surface area contributed by atoms with E-state index in [1.807, 2.05) is 60.7 Å². The van der Waals surface area contributed by atoms with Crippen molar-refractivity contribution in [3.05, 3.63) is 101 Å². The molecule has 3 aromatic rings. The monoisotopic (exact) mass is 327 g/mol. The Kier molecular flexibility index (Phi) is 5.17. The van der Waals surface area contributed by atoms with Crippen LogP contribution in [0.25, 0.3) is 24.3 Å². The highest BCUT2D eigenvalue weighted by atomic mass is 16.4. The molecule has 3 rings (SSSR count). The summed E-state index contributed by atoms with van der Waals surface area (Å²) in [6.45, 7) is 0. The van der Waals surface area contributed by atoms with Crippen LogP contribution in [0.1, 0.15) is 32.6 Å². The van der Waals surface area contributed by atoms with Gasteiger partial charge in [-0.05, 0) is 46.5 Å². The van der Waals surface area contributed by atoms with Gasteiger partial charge in [0.2, 0.25) is 0 Å². The molecule has 0 bridgehead atoms. The quantitative estimate of drug-likeness (QED) is 0.662. The second-order valence-corrected chi connectivity index (χ2v) is 5.54. The normalized spacial score (nSPS) is 11.2. The van der Waals surface area contributed by atoms with Crippen molar-refractivity contribution in [2.45, 2.75) is 0 Å². The van der Waals surface area contributed by atoms with Gasteiger partial charge in [-0.15, -0.1) is 0 Å². The third-order valence-electron chi connectivity index (χ3n) is 3.71. The molecule has 0 atom stereocenters. The van der Waals surface area contributed by atoms with E-state index >= 15 is 0 Å². The number of rotatable bonds is 5. The van der Waals surface area contributed by atoms with Gasteiger partial charge in [-0.2, -0.15) is 0 Å². The molecule has 25 heavy (non-hydrogen) atoms. The standard InChI is InChI=1S/C22H17NO2/c24-22(25)21-3-1-2-20(16-21)11-10-18-6-4-17(5-7-18)8-9-19-12-14-23-15-13-19/h1-16H,(H,24,25)/b9-8+,11-10+. The fraction of sp³-hybridized carbons (Fsp3) is 0. The summed E-state index contributed by atoms with van der Waals surface area (Å²) in [6.07, 6.45) is 11.5. The van der Waals surface area contributed by atoms with E-state index in [1.165, 1.54) is 0 Å². The van der Waals surface area contributed by atoms with Gasteiger partial charge in [0.25, 0.3) is 0 Å². The van der Waals surface area contributed by atoms with E-state index in [0.717, 1.165) is 22.3 Å². The maximum Gasteiger partial charge on any atom is 0.335 e. The highest BCUT2D eigenvalue weighted by Gasteiger charge is 2.01. The van der Waals surface area contributed by atoms with Crippen LogP contribution in [0.15, 0.2) is 73.1 Å². The Bertz CT molecular complexity index is 910. The Balaban J connectivity index is 1.69. The molecule has 0 spiro atoms. The zero-order valence-corrected chi connectivity index (χ0v) is 13.5. The Morgan fingerprint density at radius 1 is 0.720 bits per heavy atom. The van der Waals surface area contributed by atoms with Crippen molar-refractivity contribution < 1.29 is 9.90 Å². The Morgan fingerprint density at radius 2 is 1.24 bits per heavy atom. The fourth-order valence-electron chi connectivity index (χ4n) is 2.35. The number of benzene rings is 2. The van der Waals surface area contributed by atoms with Gasteiger partial charge in [-0.25, -0.2) is 4.79 Å². The van der Waals surface area contributed by atoms with Gasteiger partial charge in [0.05, 0.1) is 5.56 Å². The van der Waals surface area contributed by atoms with Crippen molar-refractivity contribution in [1.29, 1.82) is 0 Å². The van der Waals surface area contributed by atoms with Crippen molar-refractivity contribution in [3.8, 4) is 0 Å². The second-order valence-electron chi connectivity index (χ2n) is 5.54. The molecule has 3 heteroatoms. The first-order valence-electron chi connectivity index (χ1n) is 7.90. The molecule has 0 radical (unpaired) electrons. The first kappa shape index (κ1) is 16.4. The second kappa shape index (κ2) is 7.88. The molecule has 122 valence electrons. The van der Waals surface area contributed by atoms with E-state index in [1.54, 1.807) is 30.6 Å². The summed E-state index contributed by atoms with van der Waals surface area (Å²) in [7, 11) is 0. The van der Waals surface area contributed by atoms with Crippen LogP contribution in [0, 0.1) is 0 Å². The highest BCUT2D eigenvalue weighted by Crippen LogP contribution is 2.13. The van der Waals surface area contributed by atoms with Crippen LogP contribution in [-0.4, -0.2) is 16.1 Å².